The van der Waals surface area contributed by atoms with Crippen LogP contribution in [0.15, 0.2) is 90.6 Å². The summed E-state index contributed by atoms with van der Waals surface area (Å²) in [4.78, 5) is 16.2. The number of fused-ring (bicyclic) bond motifs is 1. The van der Waals surface area contributed by atoms with Gasteiger partial charge in [-0.2, -0.15) is 0 Å². The van der Waals surface area contributed by atoms with Crippen LogP contribution >= 0.6 is 0 Å². The summed E-state index contributed by atoms with van der Waals surface area (Å²) in [5.41, 5.74) is 3.83. The predicted octanol–water partition coefficient (Wildman–Crippen LogP) is 4.83. The van der Waals surface area contributed by atoms with Crippen molar-refractivity contribution in [3.05, 3.63) is 97.3 Å². The maximum atomic E-state index is 14.0. The lowest BCUT2D eigenvalue weighted by Crippen LogP contribution is -2.15. The summed E-state index contributed by atoms with van der Waals surface area (Å²) in [6.45, 7) is 0. The van der Waals surface area contributed by atoms with Crippen LogP contribution in [0.4, 0.5) is 14.5 Å². The quantitative estimate of drug-likeness (QED) is 0.391. The molecule has 168 valence electrons. The van der Waals surface area contributed by atoms with E-state index in [0.29, 0.717) is 11.6 Å². The van der Waals surface area contributed by atoms with Gasteiger partial charge in [0.15, 0.2) is 0 Å². The van der Waals surface area contributed by atoms with Crippen LogP contribution in [0.25, 0.3) is 33.3 Å². The molecule has 0 amide bonds. The molecule has 5 aromatic rings. The fourth-order valence-electron chi connectivity index (χ4n) is 3.53. The molecule has 3 aromatic heterocycles. The summed E-state index contributed by atoms with van der Waals surface area (Å²) in [6.07, 6.45) is 7.72. The number of anilines is 1. The number of halogens is 2. The van der Waals surface area contributed by atoms with E-state index in [0.717, 1.165) is 39.9 Å². The van der Waals surface area contributed by atoms with E-state index in [1.807, 2.05) is 30.3 Å². The fourth-order valence-corrected chi connectivity index (χ4v) is 4.63. The molecular weight excluding hydrogens is 460 g/mol. The summed E-state index contributed by atoms with van der Waals surface area (Å²) >= 11 is 0. The van der Waals surface area contributed by atoms with Crippen molar-refractivity contribution in [1.29, 1.82) is 0 Å². The van der Waals surface area contributed by atoms with Gasteiger partial charge in [0.05, 0.1) is 23.1 Å². The van der Waals surface area contributed by atoms with Crippen LogP contribution in [0.2, 0.25) is 0 Å². The van der Waals surface area contributed by atoms with E-state index in [1.165, 1.54) is 12.5 Å². The number of benzene rings is 2. The zero-order valence-corrected chi connectivity index (χ0v) is 18.2. The SMILES string of the molecule is O=S(=O)(Nc1cncc(-c2ccc3ncnc(-c4ccncc4)c3c2)c1)c1ccc(F)cc1F. The van der Waals surface area contributed by atoms with Crippen molar-refractivity contribution in [3.63, 3.8) is 0 Å². The predicted molar refractivity (Wildman–Crippen MR) is 123 cm³/mol. The second kappa shape index (κ2) is 8.56. The van der Waals surface area contributed by atoms with Crippen LogP contribution in [-0.2, 0) is 10.0 Å². The van der Waals surface area contributed by atoms with Gasteiger partial charge in [0, 0.05) is 41.2 Å². The minimum atomic E-state index is -4.29. The Balaban J connectivity index is 1.53. The molecule has 0 saturated heterocycles. The molecule has 10 heteroatoms. The number of hydrogen-bond acceptors (Lipinski definition) is 6. The third-order valence-corrected chi connectivity index (χ3v) is 6.51. The second-order valence-electron chi connectivity index (χ2n) is 7.33. The molecule has 0 bridgehead atoms. The summed E-state index contributed by atoms with van der Waals surface area (Å²) in [5, 5.41) is 0.797. The molecule has 0 aliphatic rings. The van der Waals surface area contributed by atoms with Gasteiger partial charge in [-0.25, -0.2) is 27.2 Å². The Morgan fingerprint density at radius 2 is 1.59 bits per heavy atom. The molecule has 0 atom stereocenters. The Bertz CT molecular complexity index is 1630. The van der Waals surface area contributed by atoms with Crippen LogP contribution in [-0.4, -0.2) is 28.4 Å². The van der Waals surface area contributed by atoms with Gasteiger partial charge in [0.25, 0.3) is 10.0 Å². The number of nitrogens with one attached hydrogen (secondary N) is 1. The third-order valence-electron chi connectivity index (χ3n) is 5.10. The summed E-state index contributed by atoms with van der Waals surface area (Å²) in [6, 6.07) is 13.1. The standard InChI is InChI=1S/C24H15F2N5O2S/c25-18-2-4-23(21(26)11-18)34(32,33)31-19-9-17(12-28-13-19)16-1-3-22-20(10-16)24(30-14-29-22)15-5-7-27-8-6-15/h1-14,31H. The minimum absolute atomic E-state index is 0.125. The van der Waals surface area contributed by atoms with Gasteiger partial charge < -0.3 is 0 Å². The van der Waals surface area contributed by atoms with E-state index in [4.69, 9.17) is 0 Å². The lowest BCUT2D eigenvalue weighted by molar-refractivity contribution is 0.551. The first-order valence-corrected chi connectivity index (χ1v) is 11.5. The number of pyridine rings is 2. The van der Waals surface area contributed by atoms with Gasteiger partial charge in [-0.1, -0.05) is 6.07 Å². The van der Waals surface area contributed by atoms with E-state index >= 15 is 0 Å². The first-order chi connectivity index (χ1) is 16.4. The first-order valence-electron chi connectivity index (χ1n) is 9.99. The molecular formula is C24H15F2N5O2S. The van der Waals surface area contributed by atoms with E-state index in [2.05, 4.69) is 24.7 Å². The highest BCUT2D eigenvalue weighted by Crippen LogP contribution is 2.30. The number of aromatic nitrogens is 4. The Morgan fingerprint density at radius 1 is 0.765 bits per heavy atom. The van der Waals surface area contributed by atoms with Crippen molar-refractivity contribution in [2.45, 2.75) is 4.90 Å². The second-order valence-corrected chi connectivity index (χ2v) is 8.98. The van der Waals surface area contributed by atoms with E-state index in [-0.39, 0.29) is 5.69 Å². The van der Waals surface area contributed by atoms with Gasteiger partial charge in [-0.15, -0.1) is 0 Å². The van der Waals surface area contributed by atoms with E-state index < -0.39 is 26.6 Å². The highest BCUT2D eigenvalue weighted by atomic mass is 32.2. The van der Waals surface area contributed by atoms with Crippen molar-refractivity contribution >= 4 is 26.6 Å². The molecule has 34 heavy (non-hydrogen) atoms. The average Bonchev–Trinajstić information content (AvgIpc) is 2.83. The number of hydrogen-bond donors (Lipinski definition) is 1. The smallest absolute Gasteiger partial charge is 0.264 e. The molecule has 3 heterocycles. The Labute approximate surface area is 193 Å². The lowest BCUT2D eigenvalue weighted by Gasteiger charge is -2.11. The molecule has 2 aromatic carbocycles. The number of sulfonamides is 1. The molecule has 1 N–H and O–H groups in total. The van der Waals surface area contributed by atoms with Crippen molar-refractivity contribution < 1.29 is 17.2 Å². The van der Waals surface area contributed by atoms with E-state index in [9.17, 15) is 17.2 Å². The lowest BCUT2D eigenvalue weighted by atomic mass is 10.0. The van der Waals surface area contributed by atoms with Gasteiger partial charge in [0.2, 0.25) is 0 Å². The van der Waals surface area contributed by atoms with Crippen molar-refractivity contribution in [1.82, 2.24) is 19.9 Å². The maximum absolute atomic E-state index is 14.0. The number of nitrogens with zero attached hydrogens (tertiary/aromatic N) is 4. The fraction of sp³-hybridized carbons (Fsp3) is 0. The molecule has 0 aliphatic carbocycles. The van der Waals surface area contributed by atoms with Crippen LogP contribution in [0.3, 0.4) is 0 Å². The van der Waals surface area contributed by atoms with Crippen LogP contribution in [0.5, 0.6) is 0 Å². The monoisotopic (exact) mass is 475 g/mol. The maximum Gasteiger partial charge on any atom is 0.264 e. The van der Waals surface area contributed by atoms with Gasteiger partial charge in [0.1, 0.15) is 22.9 Å². The molecule has 0 fully saturated rings. The summed E-state index contributed by atoms with van der Waals surface area (Å²) < 4.78 is 54.8. The van der Waals surface area contributed by atoms with Gasteiger partial charge >= 0.3 is 0 Å². The molecule has 5 rings (SSSR count). The molecule has 0 radical (unpaired) electrons. The highest BCUT2D eigenvalue weighted by molar-refractivity contribution is 7.92. The van der Waals surface area contributed by atoms with E-state index in [1.54, 1.807) is 24.7 Å². The molecule has 7 nitrogen and oxygen atoms in total. The van der Waals surface area contributed by atoms with Crippen molar-refractivity contribution in [2.75, 3.05) is 4.72 Å². The Kier molecular flexibility index (Phi) is 5.42. The Morgan fingerprint density at radius 3 is 2.38 bits per heavy atom. The third kappa shape index (κ3) is 4.18. The van der Waals surface area contributed by atoms with Crippen LogP contribution in [0.1, 0.15) is 0 Å². The largest absolute Gasteiger partial charge is 0.278 e. The molecule has 0 unspecified atom stereocenters. The van der Waals surface area contributed by atoms with Crippen LogP contribution < -0.4 is 4.72 Å². The average molecular weight is 475 g/mol. The van der Waals surface area contributed by atoms with Crippen molar-refractivity contribution in [2.24, 2.45) is 0 Å². The highest BCUT2D eigenvalue weighted by Gasteiger charge is 2.20. The normalized spacial score (nSPS) is 11.5. The first kappa shape index (κ1) is 21.5. The summed E-state index contributed by atoms with van der Waals surface area (Å²) in [5.74, 6) is -2.05. The summed E-state index contributed by atoms with van der Waals surface area (Å²) in [7, 11) is -4.29. The Hall–Kier alpha value is -4.31. The van der Waals surface area contributed by atoms with Crippen LogP contribution in [0, 0.1) is 11.6 Å². The van der Waals surface area contributed by atoms with Crippen molar-refractivity contribution in [3.8, 4) is 22.4 Å². The molecule has 0 aliphatic heterocycles. The topological polar surface area (TPSA) is 97.7 Å². The van der Waals surface area contributed by atoms with Gasteiger partial charge in [-0.3, -0.25) is 14.7 Å². The molecule has 0 spiro atoms. The zero-order valence-electron chi connectivity index (χ0n) is 17.4. The number of rotatable bonds is 5. The zero-order chi connectivity index (χ0) is 23.7. The van der Waals surface area contributed by atoms with Gasteiger partial charge in [-0.05, 0) is 48.0 Å². The minimum Gasteiger partial charge on any atom is -0.278 e. The molecule has 0 saturated carbocycles.